The minimum absolute atomic E-state index is 0.0391. The average molecular weight is 277 g/mol. The zero-order chi connectivity index (χ0) is 13.9. The van der Waals surface area contributed by atoms with Gasteiger partial charge in [-0.1, -0.05) is 18.2 Å². The van der Waals surface area contributed by atoms with Gasteiger partial charge in [0.15, 0.2) is 11.5 Å². The lowest BCUT2D eigenvalue weighted by atomic mass is 10.1. The van der Waals surface area contributed by atoms with Crippen molar-refractivity contribution < 1.29 is 18.3 Å². The molecule has 0 bridgehead atoms. The van der Waals surface area contributed by atoms with Crippen LogP contribution in [0.5, 0.6) is 11.5 Å². The third-order valence-corrected chi connectivity index (χ3v) is 3.16. The first-order valence-electron chi connectivity index (χ1n) is 6.27. The maximum Gasteiger partial charge on any atom is 0.231 e. The minimum atomic E-state index is -0.546. The summed E-state index contributed by atoms with van der Waals surface area (Å²) in [6.45, 7) is 0.762. The molecule has 0 aliphatic carbocycles. The van der Waals surface area contributed by atoms with Crippen LogP contribution in [0.1, 0.15) is 11.1 Å². The fraction of sp³-hybridized carbons (Fsp3) is 0.200. The second-order valence-corrected chi connectivity index (χ2v) is 4.45. The highest BCUT2D eigenvalue weighted by Gasteiger charge is 2.17. The predicted molar refractivity (Wildman–Crippen MR) is 69.5 cm³/mol. The van der Waals surface area contributed by atoms with E-state index in [4.69, 9.17) is 9.47 Å². The van der Waals surface area contributed by atoms with Crippen molar-refractivity contribution in [3.8, 4) is 11.5 Å². The Morgan fingerprint density at radius 3 is 2.50 bits per heavy atom. The summed E-state index contributed by atoms with van der Waals surface area (Å²) < 4.78 is 37.6. The normalized spacial score (nSPS) is 12.7. The van der Waals surface area contributed by atoms with Gasteiger partial charge in [0.05, 0.1) is 0 Å². The molecule has 1 N–H and O–H groups in total. The van der Waals surface area contributed by atoms with E-state index < -0.39 is 11.6 Å². The van der Waals surface area contributed by atoms with E-state index in [-0.39, 0.29) is 18.9 Å². The Kier molecular flexibility index (Phi) is 3.52. The van der Waals surface area contributed by atoms with Crippen molar-refractivity contribution in [2.24, 2.45) is 0 Å². The standard InChI is InChI=1S/C15H13F2NO2/c16-12-4-2-5-13(17)11(12)8-18-7-10-3-1-6-14-15(10)20-9-19-14/h1-6,18H,7-9H2. The van der Waals surface area contributed by atoms with Crippen LogP contribution in [-0.4, -0.2) is 6.79 Å². The molecule has 1 heterocycles. The number of halogens is 2. The van der Waals surface area contributed by atoms with Crippen LogP contribution < -0.4 is 14.8 Å². The Balaban J connectivity index is 1.68. The van der Waals surface area contributed by atoms with Crippen LogP contribution in [0.15, 0.2) is 36.4 Å². The van der Waals surface area contributed by atoms with Gasteiger partial charge in [0, 0.05) is 24.2 Å². The first kappa shape index (κ1) is 12.9. The number of rotatable bonds is 4. The van der Waals surface area contributed by atoms with Crippen molar-refractivity contribution in [2.45, 2.75) is 13.1 Å². The molecule has 104 valence electrons. The molecule has 3 nitrogen and oxygen atoms in total. The third kappa shape index (κ3) is 2.44. The Morgan fingerprint density at radius 1 is 0.950 bits per heavy atom. The number of para-hydroxylation sites is 1. The van der Waals surface area contributed by atoms with Crippen molar-refractivity contribution in [2.75, 3.05) is 6.79 Å². The zero-order valence-corrected chi connectivity index (χ0v) is 10.7. The van der Waals surface area contributed by atoms with Crippen LogP contribution in [0.2, 0.25) is 0 Å². The monoisotopic (exact) mass is 277 g/mol. The average Bonchev–Trinajstić information content (AvgIpc) is 2.91. The van der Waals surface area contributed by atoms with Crippen molar-refractivity contribution in [1.29, 1.82) is 0 Å². The van der Waals surface area contributed by atoms with E-state index in [0.717, 1.165) is 5.56 Å². The molecular formula is C15H13F2NO2. The predicted octanol–water partition coefficient (Wildman–Crippen LogP) is 2.98. The largest absolute Gasteiger partial charge is 0.454 e. The summed E-state index contributed by atoms with van der Waals surface area (Å²) in [5, 5.41) is 3.01. The van der Waals surface area contributed by atoms with Crippen molar-refractivity contribution >= 4 is 0 Å². The highest BCUT2D eigenvalue weighted by molar-refractivity contribution is 5.48. The van der Waals surface area contributed by atoms with Gasteiger partial charge in [0.2, 0.25) is 6.79 Å². The Bertz CT molecular complexity index is 611. The Hall–Kier alpha value is -2.14. The summed E-state index contributed by atoms with van der Waals surface area (Å²) in [4.78, 5) is 0. The highest BCUT2D eigenvalue weighted by atomic mass is 19.1. The van der Waals surface area contributed by atoms with Crippen LogP contribution >= 0.6 is 0 Å². The molecule has 2 aromatic rings. The Morgan fingerprint density at radius 2 is 1.70 bits per heavy atom. The summed E-state index contributed by atoms with van der Waals surface area (Å²) in [6, 6.07) is 9.41. The second-order valence-electron chi connectivity index (χ2n) is 4.45. The molecule has 3 rings (SSSR count). The van der Waals surface area contributed by atoms with Gasteiger partial charge in [0.1, 0.15) is 11.6 Å². The van der Waals surface area contributed by atoms with Gasteiger partial charge < -0.3 is 14.8 Å². The number of ether oxygens (including phenoxy) is 2. The van der Waals surface area contributed by atoms with Crippen molar-refractivity contribution in [1.82, 2.24) is 5.32 Å². The second kappa shape index (κ2) is 5.46. The maximum absolute atomic E-state index is 13.5. The number of benzene rings is 2. The highest BCUT2D eigenvalue weighted by Crippen LogP contribution is 2.35. The number of hydrogen-bond acceptors (Lipinski definition) is 3. The molecule has 0 fully saturated rings. The molecule has 5 heteroatoms. The van der Waals surface area contributed by atoms with Crippen LogP contribution in [0.4, 0.5) is 8.78 Å². The lowest BCUT2D eigenvalue weighted by Crippen LogP contribution is -2.15. The molecule has 0 radical (unpaired) electrons. The molecule has 0 unspecified atom stereocenters. The fourth-order valence-electron chi connectivity index (χ4n) is 2.15. The minimum Gasteiger partial charge on any atom is -0.454 e. The molecule has 0 saturated heterocycles. The van der Waals surface area contributed by atoms with Crippen LogP contribution in [0, 0.1) is 11.6 Å². The van der Waals surface area contributed by atoms with Crippen LogP contribution in [0.25, 0.3) is 0 Å². The molecule has 2 aromatic carbocycles. The molecule has 20 heavy (non-hydrogen) atoms. The zero-order valence-electron chi connectivity index (χ0n) is 10.7. The molecule has 1 aliphatic rings. The summed E-state index contributed by atoms with van der Waals surface area (Å²) in [5.74, 6) is 0.293. The summed E-state index contributed by atoms with van der Waals surface area (Å²) >= 11 is 0. The van der Waals surface area contributed by atoms with E-state index in [1.54, 1.807) is 0 Å². The molecule has 0 saturated carbocycles. The summed E-state index contributed by atoms with van der Waals surface area (Å²) in [6.07, 6.45) is 0. The molecule has 0 amide bonds. The van der Waals surface area contributed by atoms with E-state index in [1.165, 1.54) is 18.2 Å². The van der Waals surface area contributed by atoms with Gasteiger partial charge in [-0.3, -0.25) is 0 Å². The van der Waals surface area contributed by atoms with Gasteiger partial charge in [-0.25, -0.2) is 8.78 Å². The quantitative estimate of drug-likeness (QED) is 0.932. The van der Waals surface area contributed by atoms with Gasteiger partial charge in [0.25, 0.3) is 0 Å². The number of fused-ring (bicyclic) bond motifs is 1. The number of hydrogen-bond donors (Lipinski definition) is 1. The molecule has 0 atom stereocenters. The van der Waals surface area contributed by atoms with E-state index in [0.29, 0.717) is 18.0 Å². The Labute approximate surface area is 115 Å². The SMILES string of the molecule is Fc1cccc(F)c1CNCc1cccc2c1OCO2. The maximum atomic E-state index is 13.5. The van der Waals surface area contributed by atoms with Gasteiger partial charge in [-0.05, 0) is 18.2 Å². The van der Waals surface area contributed by atoms with Crippen molar-refractivity contribution in [3.05, 3.63) is 59.2 Å². The van der Waals surface area contributed by atoms with E-state index >= 15 is 0 Å². The first-order chi connectivity index (χ1) is 9.75. The first-order valence-corrected chi connectivity index (χ1v) is 6.27. The topological polar surface area (TPSA) is 30.5 Å². The molecule has 0 aromatic heterocycles. The van der Waals surface area contributed by atoms with Crippen LogP contribution in [-0.2, 0) is 13.1 Å². The molecule has 1 aliphatic heterocycles. The molecule has 0 spiro atoms. The molecular weight excluding hydrogens is 264 g/mol. The van der Waals surface area contributed by atoms with Gasteiger partial charge in [-0.2, -0.15) is 0 Å². The van der Waals surface area contributed by atoms with Gasteiger partial charge in [-0.15, -0.1) is 0 Å². The van der Waals surface area contributed by atoms with E-state index in [2.05, 4.69) is 5.32 Å². The van der Waals surface area contributed by atoms with Gasteiger partial charge >= 0.3 is 0 Å². The van der Waals surface area contributed by atoms with Crippen molar-refractivity contribution in [3.63, 3.8) is 0 Å². The van der Waals surface area contributed by atoms with E-state index in [9.17, 15) is 8.78 Å². The summed E-state index contributed by atoms with van der Waals surface area (Å²) in [5.41, 5.74) is 0.939. The van der Waals surface area contributed by atoms with Crippen LogP contribution in [0.3, 0.4) is 0 Å². The lowest BCUT2D eigenvalue weighted by Gasteiger charge is -2.09. The fourth-order valence-corrected chi connectivity index (χ4v) is 2.15. The number of nitrogens with one attached hydrogen (secondary N) is 1. The third-order valence-electron chi connectivity index (χ3n) is 3.16. The van der Waals surface area contributed by atoms with E-state index in [1.807, 2.05) is 18.2 Å². The smallest absolute Gasteiger partial charge is 0.231 e. The lowest BCUT2D eigenvalue weighted by molar-refractivity contribution is 0.173. The summed E-state index contributed by atoms with van der Waals surface area (Å²) in [7, 11) is 0.